The van der Waals surface area contributed by atoms with Crippen molar-refractivity contribution in [1.82, 2.24) is 5.32 Å². The molecule has 0 radical (unpaired) electrons. The summed E-state index contributed by atoms with van der Waals surface area (Å²) in [5.41, 5.74) is 1.16. The second-order valence-corrected chi connectivity index (χ2v) is 4.77. The first-order chi connectivity index (χ1) is 9.35. The lowest BCUT2D eigenvalue weighted by atomic mass is 10.1. The van der Waals surface area contributed by atoms with E-state index in [9.17, 15) is 0 Å². The molecule has 0 fully saturated rings. The second-order valence-electron chi connectivity index (χ2n) is 4.77. The van der Waals surface area contributed by atoms with E-state index < -0.39 is 0 Å². The van der Waals surface area contributed by atoms with Gasteiger partial charge < -0.3 is 19.5 Å². The SMILES string of the molecule is CCCCCCNCc1cc(OC)c2c(c1)OCO2. The zero-order valence-corrected chi connectivity index (χ0v) is 11.8. The molecule has 1 heterocycles. The summed E-state index contributed by atoms with van der Waals surface area (Å²) in [6, 6.07) is 4.02. The van der Waals surface area contributed by atoms with E-state index in [0.717, 1.165) is 30.2 Å². The van der Waals surface area contributed by atoms with Crippen LogP contribution in [-0.4, -0.2) is 20.4 Å². The largest absolute Gasteiger partial charge is 0.493 e. The highest BCUT2D eigenvalue weighted by Crippen LogP contribution is 2.41. The van der Waals surface area contributed by atoms with Crippen molar-refractivity contribution in [2.45, 2.75) is 39.2 Å². The zero-order chi connectivity index (χ0) is 13.5. The van der Waals surface area contributed by atoms with Crippen molar-refractivity contribution in [3.63, 3.8) is 0 Å². The number of nitrogens with one attached hydrogen (secondary N) is 1. The first kappa shape index (κ1) is 14.0. The van der Waals surface area contributed by atoms with Crippen LogP contribution >= 0.6 is 0 Å². The molecule has 0 amide bonds. The molecule has 4 heteroatoms. The molecule has 0 atom stereocenters. The van der Waals surface area contributed by atoms with E-state index in [0.29, 0.717) is 5.75 Å². The highest BCUT2D eigenvalue weighted by atomic mass is 16.7. The molecule has 19 heavy (non-hydrogen) atoms. The van der Waals surface area contributed by atoms with E-state index in [1.165, 1.54) is 25.7 Å². The summed E-state index contributed by atoms with van der Waals surface area (Å²) in [6.07, 6.45) is 5.13. The summed E-state index contributed by atoms with van der Waals surface area (Å²) in [5.74, 6) is 2.24. The van der Waals surface area contributed by atoms with Gasteiger partial charge in [0.15, 0.2) is 11.5 Å². The molecule has 4 nitrogen and oxygen atoms in total. The van der Waals surface area contributed by atoms with Crippen LogP contribution in [0.15, 0.2) is 12.1 Å². The molecule has 1 aliphatic heterocycles. The number of unbranched alkanes of at least 4 members (excludes halogenated alkanes) is 3. The van der Waals surface area contributed by atoms with E-state index in [1.807, 2.05) is 12.1 Å². The molecular formula is C15H23NO3. The van der Waals surface area contributed by atoms with Crippen LogP contribution in [0.25, 0.3) is 0 Å². The number of fused-ring (bicyclic) bond motifs is 1. The van der Waals surface area contributed by atoms with Crippen molar-refractivity contribution < 1.29 is 14.2 Å². The van der Waals surface area contributed by atoms with Crippen LogP contribution in [0.2, 0.25) is 0 Å². The van der Waals surface area contributed by atoms with Crippen LogP contribution in [0.5, 0.6) is 17.2 Å². The van der Waals surface area contributed by atoms with Crippen molar-refractivity contribution >= 4 is 0 Å². The van der Waals surface area contributed by atoms with E-state index >= 15 is 0 Å². The lowest BCUT2D eigenvalue weighted by Crippen LogP contribution is -2.14. The molecule has 1 aromatic rings. The predicted molar refractivity (Wildman–Crippen MR) is 75.0 cm³/mol. The summed E-state index contributed by atoms with van der Waals surface area (Å²) in [4.78, 5) is 0. The van der Waals surface area contributed by atoms with E-state index in [-0.39, 0.29) is 6.79 Å². The Kier molecular flexibility index (Phi) is 5.33. The van der Waals surface area contributed by atoms with E-state index in [2.05, 4.69) is 12.2 Å². The van der Waals surface area contributed by atoms with Gasteiger partial charge in [0.05, 0.1) is 7.11 Å². The number of ether oxygens (including phenoxy) is 3. The number of rotatable bonds is 8. The monoisotopic (exact) mass is 265 g/mol. The van der Waals surface area contributed by atoms with Crippen molar-refractivity contribution in [3.8, 4) is 17.2 Å². The molecule has 0 unspecified atom stereocenters. The smallest absolute Gasteiger partial charge is 0.231 e. The quantitative estimate of drug-likeness (QED) is 0.733. The fraction of sp³-hybridized carbons (Fsp3) is 0.600. The standard InChI is InChI=1S/C15H23NO3/c1-3-4-5-6-7-16-10-12-8-13(17-2)15-14(9-12)18-11-19-15/h8-9,16H,3-7,10-11H2,1-2H3. The Hall–Kier alpha value is -1.42. The fourth-order valence-corrected chi connectivity index (χ4v) is 2.20. The Bertz CT molecular complexity index is 407. The average Bonchev–Trinajstić information content (AvgIpc) is 2.90. The molecule has 0 saturated heterocycles. The molecule has 0 aliphatic carbocycles. The normalized spacial score (nSPS) is 12.7. The molecule has 2 rings (SSSR count). The highest BCUT2D eigenvalue weighted by Gasteiger charge is 2.19. The maximum absolute atomic E-state index is 5.41. The van der Waals surface area contributed by atoms with Crippen molar-refractivity contribution in [2.75, 3.05) is 20.4 Å². The van der Waals surface area contributed by atoms with Crippen molar-refractivity contribution in [1.29, 1.82) is 0 Å². The first-order valence-electron chi connectivity index (χ1n) is 7.02. The summed E-state index contributed by atoms with van der Waals surface area (Å²) >= 11 is 0. The lowest BCUT2D eigenvalue weighted by molar-refractivity contribution is 0.171. The molecule has 1 N–H and O–H groups in total. The van der Waals surface area contributed by atoms with Gasteiger partial charge in [-0.3, -0.25) is 0 Å². The Labute approximate surface area is 115 Å². The van der Waals surface area contributed by atoms with Gasteiger partial charge in [-0.25, -0.2) is 0 Å². The Morgan fingerprint density at radius 2 is 2.11 bits per heavy atom. The van der Waals surface area contributed by atoms with Gasteiger partial charge in [0, 0.05) is 6.54 Å². The minimum Gasteiger partial charge on any atom is -0.493 e. The molecule has 106 valence electrons. The van der Waals surface area contributed by atoms with Crippen LogP contribution in [-0.2, 0) is 6.54 Å². The number of methoxy groups -OCH3 is 1. The summed E-state index contributed by atoms with van der Waals surface area (Å²) in [6.45, 7) is 4.39. The van der Waals surface area contributed by atoms with Gasteiger partial charge in [-0.2, -0.15) is 0 Å². The zero-order valence-electron chi connectivity index (χ0n) is 11.8. The van der Waals surface area contributed by atoms with Gasteiger partial charge in [0.25, 0.3) is 0 Å². The van der Waals surface area contributed by atoms with Crippen molar-refractivity contribution in [3.05, 3.63) is 17.7 Å². The Balaban J connectivity index is 1.84. The minimum absolute atomic E-state index is 0.277. The third-order valence-electron chi connectivity index (χ3n) is 3.25. The highest BCUT2D eigenvalue weighted by molar-refractivity contribution is 5.55. The Morgan fingerprint density at radius 1 is 1.21 bits per heavy atom. The van der Waals surface area contributed by atoms with Gasteiger partial charge in [-0.05, 0) is 30.7 Å². The third-order valence-corrected chi connectivity index (χ3v) is 3.25. The maximum atomic E-state index is 5.41. The number of benzene rings is 1. The van der Waals surface area contributed by atoms with E-state index in [4.69, 9.17) is 14.2 Å². The molecule has 0 bridgehead atoms. The molecular weight excluding hydrogens is 242 g/mol. The lowest BCUT2D eigenvalue weighted by Gasteiger charge is -2.09. The minimum atomic E-state index is 0.277. The van der Waals surface area contributed by atoms with E-state index in [1.54, 1.807) is 7.11 Å². The molecule has 0 saturated carbocycles. The summed E-state index contributed by atoms with van der Waals surface area (Å²) in [5, 5.41) is 3.45. The van der Waals surface area contributed by atoms with Gasteiger partial charge in [-0.15, -0.1) is 0 Å². The van der Waals surface area contributed by atoms with Gasteiger partial charge in [0.2, 0.25) is 12.5 Å². The van der Waals surface area contributed by atoms with Crippen LogP contribution in [0, 0.1) is 0 Å². The third kappa shape index (κ3) is 3.77. The molecule has 1 aromatic carbocycles. The van der Waals surface area contributed by atoms with Gasteiger partial charge in [0.1, 0.15) is 0 Å². The van der Waals surface area contributed by atoms with Gasteiger partial charge >= 0.3 is 0 Å². The summed E-state index contributed by atoms with van der Waals surface area (Å²) < 4.78 is 16.1. The second kappa shape index (κ2) is 7.24. The van der Waals surface area contributed by atoms with Crippen LogP contribution in [0.3, 0.4) is 0 Å². The average molecular weight is 265 g/mol. The number of hydrogen-bond acceptors (Lipinski definition) is 4. The predicted octanol–water partition coefficient (Wildman–Crippen LogP) is 3.09. The summed E-state index contributed by atoms with van der Waals surface area (Å²) in [7, 11) is 1.65. The maximum Gasteiger partial charge on any atom is 0.231 e. The topological polar surface area (TPSA) is 39.7 Å². The first-order valence-corrected chi connectivity index (χ1v) is 7.02. The van der Waals surface area contributed by atoms with Crippen LogP contribution in [0.4, 0.5) is 0 Å². The molecule has 1 aliphatic rings. The van der Waals surface area contributed by atoms with Crippen LogP contribution < -0.4 is 19.5 Å². The fourth-order valence-electron chi connectivity index (χ4n) is 2.20. The molecule has 0 aromatic heterocycles. The van der Waals surface area contributed by atoms with Crippen molar-refractivity contribution in [2.24, 2.45) is 0 Å². The van der Waals surface area contributed by atoms with Gasteiger partial charge in [-0.1, -0.05) is 26.2 Å². The molecule has 0 spiro atoms. The Morgan fingerprint density at radius 3 is 2.89 bits per heavy atom. The van der Waals surface area contributed by atoms with Crippen LogP contribution in [0.1, 0.15) is 38.2 Å². The number of hydrogen-bond donors (Lipinski definition) is 1.